The fourth-order valence-corrected chi connectivity index (χ4v) is 3.92. The average molecular weight is 487 g/mol. The Kier molecular flexibility index (Phi) is 9.52. The largest absolute Gasteiger partial charge is 0.491 e. The van der Waals surface area contributed by atoms with Crippen molar-refractivity contribution in [3.05, 3.63) is 36.0 Å². The van der Waals surface area contributed by atoms with Gasteiger partial charge in [0.25, 0.3) is 5.91 Å². The highest BCUT2D eigenvalue weighted by Crippen LogP contribution is 2.26. The molecule has 1 aromatic carbocycles. The molecule has 3 rings (SSSR count). The first-order valence-electron chi connectivity index (χ1n) is 11.6. The minimum atomic E-state index is -0.142. The van der Waals surface area contributed by atoms with Crippen LogP contribution >= 0.6 is 11.8 Å². The molecule has 0 saturated heterocycles. The third-order valence-electron chi connectivity index (χ3n) is 4.66. The molecule has 0 fully saturated rings. The van der Waals surface area contributed by atoms with Crippen molar-refractivity contribution in [2.24, 2.45) is 0 Å². The fraction of sp³-hybridized carbons (Fsp3) is 0.500. The van der Waals surface area contributed by atoms with Crippen LogP contribution in [-0.4, -0.2) is 63.3 Å². The zero-order chi connectivity index (χ0) is 24.5. The van der Waals surface area contributed by atoms with Gasteiger partial charge in [0.1, 0.15) is 11.6 Å². The Labute approximate surface area is 205 Å². The second-order valence-electron chi connectivity index (χ2n) is 8.20. The van der Waals surface area contributed by atoms with Gasteiger partial charge in [-0.15, -0.1) is 0 Å². The van der Waals surface area contributed by atoms with E-state index in [-0.39, 0.29) is 12.0 Å². The number of nitrogens with zero attached hydrogens (tertiary/aromatic N) is 4. The van der Waals surface area contributed by atoms with E-state index in [2.05, 4.69) is 34.6 Å². The van der Waals surface area contributed by atoms with Gasteiger partial charge >= 0.3 is 0 Å². The summed E-state index contributed by atoms with van der Waals surface area (Å²) in [6.07, 6.45) is 1.85. The van der Waals surface area contributed by atoms with E-state index in [9.17, 15) is 4.79 Å². The van der Waals surface area contributed by atoms with Gasteiger partial charge in [-0.1, -0.05) is 25.6 Å². The van der Waals surface area contributed by atoms with Crippen molar-refractivity contribution >= 4 is 34.5 Å². The zero-order valence-electron chi connectivity index (χ0n) is 20.5. The molecule has 0 aliphatic carbocycles. The Morgan fingerprint density at radius 1 is 1.12 bits per heavy atom. The number of fused-ring (bicyclic) bond motifs is 1. The number of hydrogen-bond donors (Lipinski definition) is 2. The number of rotatable bonds is 13. The molecule has 0 unspecified atom stereocenters. The lowest BCUT2D eigenvalue weighted by atomic mass is 10.2. The Bertz CT molecular complexity index is 1070. The highest BCUT2D eigenvalue weighted by atomic mass is 32.2. The number of aromatic nitrogens is 4. The van der Waals surface area contributed by atoms with Crippen LogP contribution in [-0.2, 0) is 11.3 Å². The van der Waals surface area contributed by atoms with Gasteiger partial charge in [0.2, 0.25) is 0 Å². The maximum Gasteiger partial charge on any atom is 0.251 e. The summed E-state index contributed by atoms with van der Waals surface area (Å²) < 4.78 is 12.9. The molecule has 0 atom stereocenters. The predicted octanol–water partition coefficient (Wildman–Crippen LogP) is 3.99. The summed E-state index contributed by atoms with van der Waals surface area (Å²) in [7, 11) is 0. The Balaban J connectivity index is 1.67. The maximum absolute atomic E-state index is 12.5. The van der Waals surface area contributed by atoms with E-state index in [1.165, 1.54) is 0 Å². The molecule has 3 aromatic rings. The van der Waals surface area contributed by atoms with Crippen LogP contribution in [0.1, 0.15) is 45.0 Å². The summed E-state index contributed by atoms with van der Waals surface area (Å²) in [4.78, 5) is 21.9. The van der Waals surface area contributed by atoms with E-state index in [0.29, 0.717) is 48.8 Å². The molecule has 34 heavy (non-hydrogen) atoms. The van der Waals surface area contributed by atoms with E-state index >= 15 is 0 Å². The fourth-order valence-electron chi connectivity index (χ4n) is 3.22. The quantitative estimate of drug-likeness (QED) is 0.212. The number of nitrogens with one attached hydrogen (secondary N) is 2. The molecule has 2 aromatic heterocycles. The van der Waals surface area contributed by atoms with Gasteiger partial charge in [-0.2, -0.15) is 5.10 Å². The average Bonchev–Trinajstić information content (AvgIpc) is 3.19. The van der Waals surface area contributed by atoms with Crippen LogP contribution in [0.5, 0.6) is 5.75 Å². The van der Waals surface area contributed by atoms with Crippen molar-refractivity contribution in [1.82, 2.24) is 25.1 Å². The number of hydrogen-bond acceptors (Lipinski definition) is 8. The molecule has 184 valence electrons. The molecule has 2 N–H and O–H groups in total. The first-order chi connectivity index (χ1) is 16.4. The number of benzene rings is 1. The van der Waals surface area contributed by atoms with Crippen LogP contribution in [0.25, 0.3) is 11.0 Å². The monoisotopic (exact) mass is 486 g/mol. The normalized spacial score (nSPS) is 11.4. The van der Waals surface area contributed by atoms with Crippen molar-refractivity contribution in [3.63, 3.8) is 0 Å². The third kappa shape index (κ3) is 7.33. The topological polar surface area (TPSA) is 103 Å². The Hall–Kier alpha value is -2.85. The van der Waals surface area contributed by atoms with Crippen molar-refractivity contribution in [2.45, 2.75) is 57.7 Å². The third-order valence-corrected chi connectivity index (χ3v) is 5.52. The Morgan fingerprint density at radius 2 is 1.88 bits per heavy atom. The van der Waals surface area contributed by atoms with E-state index in [4.69, 9.17) is 14.5 Å². The highest BCUT2D eigenvalue weighted by Gasteiger charge is 2.15. The summed E-state index contributed by atoms with van der Waals surface area (Å²) in [5.41, 5.74) is 1.32. The van der Waals surface area contributed by atoms with Crippen LogP contribution in [0.3, 0.4) is 0 Å². The summed E-state index contributed by atoms with van der Waals surface area (Å²) in [5.74, 6) is 1.35. The summed E-state index contributed by atoms with van der Waals surface area (Å²) in [5, 5.41) is 12.7. The first-order valence-corrected chi connectivity index (χ1v) is 12.5. The summed E-state index contributed by atoms with van der Waals surface area (Å²) in [6, 6.07) is 7.14. The number of ether oxygens (including phenoxy) is 2. The molecule has 1 amide bonds. The number of carbonyl (C=O) groups is 1. The molecule has 9 nitrogen and oxygen atoms in total. The molecule has 0 radical (unpaired) electrons. The molecule has 0 aliphatic rings. The zero-order valence-corrected chi connectivity index (χ0v) is 21.3. The lowest BCUT2D eigenvalue weighted by Crippen LogP contribution is -2.27. The Morgan fingerprint density at radius 3 is 2.56 bits per heavy atom. The molecule has 0 aliphatic heterocycles. The first kappa shape index (κ1) is 25.8. The molecule has 0 saturated carbocycles. The number of carbonyl (C=O) groups excluding carboxylic acids is 1. The minimum Gasteiger partial charge on any atom is -0.491 e. The molecular formula is C24H34N6O3S. The molecule has 0 spiro atoms. The van der Waals surface area contributed by atoms with Gasteiger partial charge in [0.15, 0.2) is 10.8 Å². The minimum absolute atomic E-state index is 0.0900. The predicted molar refractivity (Wildman–Crippen MR) is 136 cm³/mol. The lowest BCUT2D eigenvalue weighted by molar-refractivity contribution is 0.0952. The van der Waals surface area contributed by atoms with E-state index in [0.717, 1.165) is 22.6 Å². The van der Waals surface area contributed by atoms with Gasteiger partial charge in [-0.3, -0.25) is 4.79 Å². The van der Waals surface area contributed by atoms with E-state index in [1.807, 2.05) is 20.8 Å². The van der Waals surface area contributed by atoms with Gasteiger partial charge < -0.3 is 20.1 Å². The highest BCUT2D eigenvalue weighted by molar-refractivity contribution is 7.99. The number of amides is 1. The smallest absolute Gasteiger partial charge is 0.251 e. The number of thioether (sulfide) groups is 1. The summed E-state index contributed by atoms with van der Waals surface area (Å²) in [6.45, 7) is 12.9. The standard InChI is InChI=1S/C24H34N6O3S/c1-6-32-14-12-25-21-20-15-27-30(22(20)29-24(28-21)34-17(4)5)13-11-26-23(31)18-7-9-19(10-8-18)33-16(2)3/h7-10,15-17H,6,11-14H2,1-5H3,(H,26,31)(H,25,28,29). The van der Waals surface area contributed by atoms with Gasteiger partial charge in [-0.05, 0) is 45.0 Å². The van der Waals surface area contributed by atoms with Crippen LogP contribution in [0, 0.1) is 0 Å². The van der Waals surface area contributed by atoms with Crippen molar-refractivity contribution in [3.8, 4) is 5.75 Å². The molecular weight excluding hydrogens is 452 g/mol. The van der Waals surface area contributed by atoms with Crippen LogP contribution in [0.15, 0.2) is 35.6 Å². The van der Waals surface area contributed by atoms with Crippen LogP contribution in [0.2, 0.25) is 0 Å². The van der Waals surface area contributed by atoms with Crippen molar-refractivity contribution < 1.29 is 14.3 Å². The maximum atomic E-state index is 12.5. The lowest BCUT2D eigenvalue weighted by Gasteiger charge is -2.11. The van der Waals surface area contributed by atoms with Crippen LogP contribution in [0.4, 0.5) is 5.82 Å². The van der Waals surface area contributed by atoms with E-state index in [1.54, 1.807) is 46.9 Å². The molecule has 2 heterocycles. The second kappa shape index (κ2) is 12.6. The SMILES string of the molecule is CCOCCNc1nc(SC(C)C)nc2c1cnn2CCNC(=O)c1ccc(OC(C)C)cc1. The van der Waals surface area contributed by atoms with Gasteiger partial charge in [-0.25, -0.2) is 14.6 Å². The van der Waals surface area contributed by atoms with Crippen LogP contribution < -0.4 is 15.4 Å². The van der Waals surface area contributed by atoms with Crippen molar-refractivity contribution in [1.29, 1.82) is 0 Å². The van der Waals surface area contributed by atoms with Gasteiger partial charge in [0, 0.05) is 30.5 Å². The number of anilines is 1. The van der Waals surface area contributed by atoms with Gasteiger partial charge in [0.05, 0.1) is 30.8 Å². The molecule has 0 bridgehead atoms. The molecule has 10 heteroatoms. The summed E-state index contributed by atoms with van der Waals surface area (Å²) >= 11 is 1.60. The van der Waals surface area contributed by atoms with E-state index < -0.39 is 0 Å². The second-order valence-corrected chi connectivity index (χ2v) is 9.74. The van der Waals surface area contributed by atoms with Crippen molar-refractivity contribution in [2.75, 3.05) is 31.6 Å².